The highest BCUT2D eigenvalue weighted by atomic mass is 32.1. The zero-order valence-corrected chi connectivity index (χ0v) is 5.91. The summed E-state index contributed by atoms with van der Waals surface area (Å²) < 4.78 is 0. The Kier molecular flexibility index (Phi) is 23.9. The molecule has 1 N–H and O–H groups in total. The molecule has 2 heteroatoms. The fraction of sp³-hybridized carbons (Fsp3) is 1.00. The van der Waals surface area contributed by atoms with Crippen LogP contribution in [0.25, 0.3) is 0 Å². The van der Waals surface area contributed by atoms with Crippen molar-refractivity contribution in [2.45, 2.75) is 20.3 Å². The molecule has 7 heavy (non-hydrogen) atoms. The number of rotatable bonds is 2. The molecule has 0 aromatic carbocycles. The predicted octanol–water partition coefficient (Wildman–Crippen LogP) is 1.32. The second kappa shape index (κ2) is 16.2. The van der Waals surface area contributed by atoms with Crippen LogP contribution in [-0.4, -0.2) is 17.5 Å². The fourth-order valence-corrected chi connectivity index (χ4v) is 0.212. The van der Waals surface area contributed by atoms with E-state index >= 15 is 0 Å². The first-order valence-electron chi connectivity index (χ1n) is 2.63. The highest BCUT2D eigenvalue weighted by Crippen LogP contribution is 1.76. The van der Waals surface area contributed by atoms with E-state index in [1.807, 2.05) is 13.8 Å². The van der Waals surface area contributed by atoms with Gasteiger partial charge >= 0.3 is 0 Å². The third kappa shape index (κ3) is 22.0. The number of aliphatic hydroxyl groups excluding tert-OH is 1. The SMILES string of the molecule is CC.OCCCS. The van der Waals surface area contributed by atoms with E-state index in [9.17, 15) is 0 Å². The quantitative estimate of drug-likeness (QED) is 0.529. The van der Waals surface area contributed by atoms with Crippen molar-refractivity contribution < 1.29 is 5.11 Å². The van der Waals surface area contributed by atoms with Gasteiger partial charge in [0.15, 0.2) is 0 Å². The van der Waals surface area contributed by atoms with Gasteiger partial charge in [0.1, 0.15) is 0 Å². The zero-order valence-electron chi connectivity index (χ0n) is 5.02. The fourth-order valence-electron chi connectivity index (χ4n) is 0.0707. The molecule has 0 saturated heterocycles. The largest absolute Gasteiger partial charge is 0.396 e. The molecule has 0 fully saturated rings. The lowest BCUT2D eigenvalue weighted by Crippen LogP contribution is -1.79. The number of aliphatic hydroxyl groups is 1. The van der Waals surface area contributed by atoms with Crippen LogP contribution in [0.15, 0.2) is 0 Å². The third-order valence-corrected chi connectivity index (χ3v) is 0.632. The molecule has 0 aliphatic carbocycles. The summed E-state index contributed by atoms with van der Waals surface area (Å²) in [5.74, 6) is 0.788. The summed E-state index contributed by atoms with van der Waals surface area (Å²) in [5, 5.41) is 8.02. The molecule has 0 rings (SSSR count). The van der Waals surface area contributed by atoms with E-state index in [2.05, 4.69) is 12.6 Å². The van der Waals surface area contributed by atoms with E-state index in [0.29, 0.717) is 0 Å². The van der Waals surface area contributed by atoms with E-state index in [0.717, 1.165) is 12.2 Å². The molecule has 0 radical (unpaired) electrons. The molecular weight excluding hydrogens is 108 g/mol. The van der Waals surface area contributed by atoms with Gasteiger partial charge in [-0.2, -0.15) is 12.6 Å². The lowest BCUT2D eigenvalue weighted by atomic mass is 10.5. The molecule has 46 valence electrons. The second-order valence-electron chi connectivity index (χ2n) is 0.801. The molecule has 0 aliphatic heterocycles. The van der Waals surface area contributed by atoms with Gasteiger partial charge in [-0.1, -0.05) is 13.8 Å². The number of hydrogen-bond donors (Lipinski definition) is 2. The first-order valence-corrected chi connectivity index (χ1v) is 3.26. The molecule has 0 aromatic heterocycles. The average Bonchev–Trinajstić information content (AvgIpc) is 1.75. The van der Waals surface area contributed by atoms with Crippen LogP contribution in [0.1, 0.15) is 20.3 Å². The van der Waals surface area contributed by atoms with Crippen molar-refractivity contribution in [2.24, 2.45) is 0 Å². The summed E-state index contributed by atoms with van der Waals surface area (Å²) in [4.78, 5) is 0. The maximum Gasteiger partial charge on any atom is 0.0438 e. The molecule has 0 spiro atoms. The van der Waals surface area contributed by atoms with Gasteiger partial charge in [-0.15, -0.1) is 0 Å². The lowest BCUT2D eigenvalue weighted by Gasteiger charge is -1.79. The minimum absolute atomic E-state index is 0.267. The summed E-state index contributed by atoms with van der Waals surface area (Å²) >= 11 is 3.84. The van der Waals surface area contributed by atoms with Crippen molar-refractivity contribution in [2.75, 3.05) is 12.4 Å². The second-order valence-corrected chi connectivity index (χ2v) is 1.25. The van der Waals surface area contributed by atoms with Crippen LogP contribution in [0.2, 0.25) is 0 Å². The van der Waals surface area contributed by atoms with E-state index in [-0.39, 0.29) is 6.61 Å². The monoisotopic (exact) mass is 122 g/mol. The van der Waals surface area contributed by atoms with Gasteiger partial charge in [0.05, 0.1) is 0 Å². The molecule has 0 saturated carbocycles. The van der Waals surface area contributed by atoms with Crippen molar-refractivity contribution in [3.05, 3.63) is 0 Å². The van der Waals surface area contributed by atoms with Gasteiger partial charge in [0.25, 0.3) is 0 Å². The van der Waals surface area contributed by atoms with E-state index in [1.54, 1.807) is 0 Å². The Morgan fingerprint density at radius 2 is 1.86 bits per heavy atom. The van der Waals surface area contributed by atoms with E-state index < -0.39 is 0 Å². The molecule has 0 bridgehead atoms. The minimum Gasteiger partial charge on any atom is -0.396 e. The van der Waals surface area contributed by atoms with Crippen molar-refractivity contribution in [1.82, 2.24) is 0 Å². The summed E-state index contributed by atoms with van der Waals surface area (Å²) in [7, 11) is 0. The Labute approximate surface area is 51.2 Å². The summed E-state index contributed by atoms with van der Waals surface area (Å²) in [5.41, 5.74) is 0. The molecular formula is C5H14OS. The molecule has 0 atom stereocenters. The summed E-state index contributed by atoms with van der Waals surface area (Å²) in [6.45, 7) is 4.27. The van der Waals surface area contributed by atoms with Gasteiger partial charge in [-0.25, -0.2) is 0 Å². The van der Waals surface area contributed by atoms with Gasteiger partial charge in [0.2, 0.25) is 0 Å². The highest BCUT2D eigenvalue weighted by Gasteiger charge is 1.69. The molecule has 1 nitrogen and oxygen atoms in total. The topological polar surface area (TPSA) is 20.2 Å². The zero-order chi connectivity index (χ0) is 6.12. The maximum atomic E-state index is 8.02. The van der Waals surface area contributed by atoms with Crippen molar-refractivity contribution in [3.8, 4) is 0 Å². The van der Waals surface area contributed by atoms with Crippen molar-refractivity contribution in [3.63, 3.8) is 0 Å². The average molecular weight is 122 g/mol. The molecule has 0 unspecified atom stereocenters. The minimum atomic E-state index is 0.267. The summed E-state index contributed by atoms with van der Waals surface area (Å²) in [6.07, 6.45) is 0.809. The van der Waals surface area contributed by atoms with Crippen LogP contribution in [0, 0.1) is 0 Å². The Morgan fingerprint density at radius 3 is 1.86 bits per heavy atom. The first-order chi connectivity index (χ1) is 3.41. The van der Waals surface area contributed by atoms with Crippen LogP contribution >= 0.6 is 12.6 Å². The van der Waals surface area contributed by atoms with Crippen LogP contribution < -0.4 is 0 Å². The highest BCUT2D eigenvalue weighted by molar-refractivity contribution is 7.80. The van der Waals surface area contributed by atoms with Gasteiger partial charge in [-0.05, 0) is 12.2 Å². The van der Waals surface area contributed by atoms with E-state index in [1.165, 1.54) is 0 Å². The maximum absolute atomic E-state index is 8.02. The van der Waals surface area contributed by atoms with Gasteiger partial charge in [-0.3, -0.25) is 0 Å². The smallest absolute Gasteiger partial charge is 0.0438 e. The predicted molar refractivity (Wildman–Crippen MR) is 36.9 cm³/mol. The first kappa shape index (κ1) is 10.3. The normalized spacial score (nSPS) is 6.86. The standard InChI is InChI=1S/C3H8OS.C2H6/c4-2-1-3-5;1-2/h4-5H,1-3H2;1-2H3. The lowest BCUT2D eigenvalue weighted by molar-refractivity contribution is 0.296. The Balaban J connectivity index is 0. The van der Waals surface area contributed by atoms with Crippen molar-refractivity contribution >= 4 is 12.6 Å². The van der Waals surface area contributed by atoms with Gasteiger partial charge < -0.3 is 5.11 Å². The number of thiol groups is 1. The Bertz CT molecular complexity index is 15.6. The van der Waals surface area contributed by atoms with Crippen LogP contribution in [0.3, 0.4) is 0 Å². The van der Waals surface area contributed by atoms with E-state index in [4.69, 9.17) is 5.11 Å². The number of hydrogen-bond acceptors (Lipinski definition) is 2. The molecule has 0 aliphatic rings. The molecule has 0 amide bonds. The van der Waals surface area contributed by atoms with Crippen LogP contribution in [-0.2, 0) is 0 Å². The van der Waals surface area contributed by atoms with Crippen LogP contribution in [0.4, 0.5) is 0 Å². The Morgan fingerprint density at radius 1 is 1.43 bits per heavy atom. The Hall–Kier alpha value is 0.310. The molecule has 0 heterocycles. The van der Waals surface area contributed by atoms with Crippen LogP contribution in [0.5, 0.6) is 0 Å². The third-order valence-electron chi connectivity index (χ3n) is 0.316. The van der Waals surface area contributed by atoms with Crippen molar-refractivity contribution in [1.29, 1.82) is 0 Å². The molecule has 0 aromatic rings. The van der Waals surface area contributed by atoms with Gasteiger partial charge in [0, 0.05) is 6.61 Å². The summed E-state index contributed by atoms with van der Waals surface area (Å²) in [6, 6.07) is 0.